The van der Waals surface area contributed by atoms with E-state index in [0.29, 0.717) is 15.3 Å². The van der Waals surface area contributed by atoms with Crippen LogP contribution in [0.5, 0.6) is 17.2 Å². The topological polar surface area (TPSA) is 178 Å². The van der Waals surface area contributed by atoms with Crippen molar-refractivity contribution >= 4 is 48.6 Å². The molecule has 0 spiro atoms. The first-order chi connectivity index (χ1) is 19.8. The quantitative estimate of drug-likeness (QED) is 0.163. The van der Waals surface area contributed by atoms with Crippen LogP contribution in [0.25, 0.3) is 10.8 Å². The molecule has 1 aliphatic rings. The second-order valence-corrected chi connectivity index (χ2v) is 12.7. The van der Waals surface area contributed by atoms with Crippen molar-refractivity contribution in [2.45, 2.75) is 30.3 Å². The molecule has 1 heterocycles. The zero-order chi connectivity index (χ0) is 30.8. The van der Waals surface area contributed by atoms with Crippen molar-refractivity contribution in [3.05, 3.63) is 54.1 Å². The molecule has 4 rings (SSSR count). The largest absolute Gasteiger partial charge is 0.493 e. The molecule has 0 aromatic heterocycles. The van der Waals surface area contributed by atoms with Crippen molar-refractivity contribution in [3.8, 4) is 29.6 Å². The fraction of sp³-hybridized carbons (Fsp3) is 0.259. The van der Waals surface area contributed by atoms with Crippen molar-refractivity contribution < 1.29 is 45.7 Å². The predicted molar refractivity (Wildman–Crippen MR) is 152 cm³/mol. The average molecular weight is 618 g/mol. The van der Waals surface area contributed by atoms with Gasteiger partial charge in [-0.2, -0.15) is 8.42 Å². The SMILES string of the molecule is C#C[C@H](N[C@@H](C)CC(=O)O)c1ccc(S(=O)(=O)NS(=O)(=O)N2CC(=O)Oc3c2ccc(OC)c3OC)c2ccccc12. The van der Waals surface area contributed by atoms with Crippen LogP contribution in [0.1, 0.15) is 24.9 Å². The van der Waals surface area contributed by atoms with Crippen LogP contribution in [0, 0.1) is 12.3 Å². The summed E-state index contributed by atoms with van der Waals surface area (Å²) in [6, 6.07) is 10.3. The number of fused-ring (bicyclic) bond motifs is 2. The van der Waals surface area contributed by atoms with Gasteiger partial charge in [0.25, 0.3) is 10.0 Å². The number of ether oxygens (including phenoxy) is 3. The van der Waals surface area contributed by atoms with Crippen molar-refractivity contribution in [3.63, 3.8) is 0 Å². The first-order valence-corrected chi connectivity index (χ1v) is 15.2. The second-order valence-electron chi connectivity index (χ2n) is 9.19. The fourth-order valence-corrected chi connectivity index (χ4v) is 7.81. The summed E-state index contributed by atoms with van der Waals surface area (Å²) in [7, 11) is -7.07. The van der Waals surface area contributed by atoms with Gasteiger partial charge in [0.15, 0.2) is 5.75 Å². The lowest BCUT2D eigenvalue weighted by atomic mass is 9.98. The Morgan fingerprint density at radius 1 is 1.10 bits per heavy atom. The summed E-state index contributed by atoms with van der Waals surface area (Å²) in [5, 5.41) is 12.7. The lowest BCUT2D eigenvalue weighted by molar-refractivity contribution is -0.137. The monoisotopic (exact) mass is 617 g/mol. The molecule has 0 unspecified atom stereocenters. The van der Waals surface area contributed by atoms with Crippen LogP contribution in [0.4, 0.5) is 5.69 Å². The summed E-state index contributed by atoms with van der Waals surface area (Å²) in [5.74, 6) is 0.405. The molecule has 3 aromatic rings. The smallest absolute Gasteiger partial charge is 0.332 e. The number of carboxylic acid groups (broad SMARTS) is 1. The molecule has 3 aromatic carbocycles. The Balaban J connectivity index is 1.74. The lowest BCUT2D eigenvalue weighted by Crippen LogP contribution is -2.48. The van der Waals surface area contributed by atoms with Gasteiger partial charge < -0.3 is 19.3 Å². The first kappa shape index (κ1) is 30.6. The van der Waals surface area contributed by atoms with Crippen LogP contribution >= 0.6 is 0 Å². The Hall–Kier alpha value is -4.36. The molecule has 0 saturated heterocycles. The summed E-state index contributed by atoms with van der Waals surface area (Å²) in [4.78, 5) is 23.1. The molecule has 15 heteroatoms. The molecule has 1 aliphatic heterocycles. The van der Waals surface area contributed by atoms with Crippen LogP contribution in [0.3, 0.4) is 0 Å². The van der Waals surface area contributed by atoms with Gasteiger partial charge in [0.05, 0.1) is 31.6 Å². The number of nitrogens with zero attached hydrogens (tertiary/aromatic N) is 1. The minimum Gasteiger partial charge on any atom is -0.493 e. The third-order valence-corrected chi connectivity index (χ3v) is 9.92. The van der Waals surface area contributed by atoms with Crippen molar-refractivity contribution in [1.82, 2.24) is 9.44 Å². The number of sulfonamides is 1. The number of terminal acetylenes is 1. The van der Waals surface area contributed by atoms with E-state index in [1.54, 1.807) is 29.3 Å². The molecule has 0 saturated carbocycles. The van der Waals surface area contributed by atoms with Crippen molar-refractivity contribution in [2.24, 2.45) is 0 Å². The average Bonchev–Trinajstić information content (AvgIpc) is 2.93. The standard InChI is InChI=1S/C27H27N3O10S2/c1-5-20(28-16(2)14-24(31)32)18-10-13-23(19-9-7-6-8-17(18)19)41(34,35)29-42(36,37)30-15-25(33)40-26-21(30)11-12-22(38-3)27(26)39-4/h1,6-13,16,20,28-29H,14-15H2,2-4H3,(H,31,32)/t16-,20-/m0/s1. The minimum atomic E-state index is -4.91. The van der Waals surface area contributed by atoms with Gasteiger partial charge in [-0.1, -0.05) is 40.4 Å². The Morgan fingerprint density at radius 2 is 1.79 bits per heavy atom. The molecule has 0 radical (unpaired) electrons. The number of anilines is 1. The highest BCUT2D eigenvalue weighted by Crippen LogP contribution is 2.46. The molecule has 0 aliphatic carbocycles. The van der Waals surface area contributed by atoms with Crippen LogP contribution in [0.2, 0.25) is 0 Å². The number of nitrogens with one attached hydrogen (secondary N) is 2. The summed E-state index contributed by atoms with van der Waals surface area (Å²) in [6.45, 7) is 0.839. The number of carbonyl (C=O) groups excluding carboxylic acids is 1. The van der Waals surface area contributed by atoms with Gasteiger partial charge in [-0.25, -0.2) is 17.5 Å². The normalized spacial score (nSPS) is 14.8. The summed E-state index contributed by atoms with van der Waals surface area (Å²) in [5.41, 5.74) is 0.342. The number of hydrogen-bond donors (Lipinski definition) is 3. The third kappa shape index (κ3) is 5.97. The van der Waals surface area contributed by atoms with E-state index in [9.17, 15) is 26.4 Å². The Bertz CT molecular complexity index is 1820. The Kier molecular flexibility index (Phi) is 8.64. The summed E-state index contributed by atoms with van der Waals surface area (Å²) in [6.07, 6.45) is 5.53. The van der Waals surface area contributed by atoms with E-state index in [0.717, 1.165) is 0 Å². The summed E-state index contributed by atoms with van der Waals surface area (Å²) < 4.78 is 72.0. The molecule has 0 amide bonds. The molecule has 222 valence electrons. The maximum absolute atomic E-state index is 13.6. The van der Waals surface area contributed by atoms with E-state index in [4.69, 9.17) is 25.7 Å². The number of rotatable bonds is 11. The maximum Gasteiger partial charge on any atom is 0.332 e. The number of aliphatic carboxylic acids is 1. The molecular weight excluding hydrogens is 590 g/mol. The van der Waals surface area contributed by atoms with Gasteiger partial charge in [-0.05, 0) is 36.1 Å². The van der Waals surface area contributed by atoms with Gasteiger partial charge in [0, 0.05) is 11.4 Å². The number of esters is 1. The third-order valence-electron chi connectivity index (χ3n) is 6.36. The van der Waals surface area contributed by atoms with Gasteiger partial charge in [0.2, 0.25) is 11.5 Å². The molecule has 0 fully saturated rings. The number of carbonyl (C=O) groups is 2. The fourth-order valence-electron chi connectivity index (χ4n) is 4.59. The molecule has 2 atom stereocenters. The van der Waals surface area contributed by atoms with E-state index in [1.807, 2.05) is 0 Å². The Morgan fingerprint density at radius 3 is 2.40 bits per heavy atom. The highest BCUT2D eigenvalue weighted by molar-refractivity contribution is 8.05. The van der Waals surface area contributed by atoms with E-state index >= 15 is 0 Å². The minimum absolute atomic E-state index is 0.0537. The highest BCUT2D eigenvalue weighted by atomic mass is 32.3. The number of methoxy groups -OCH3 is 2. The van der Waals surface area contributed by atoms with Gasteiger partial charge >= 0.3 is 22.1 Å². The lowest BCUT2D eigenvalue weighted by Gasteiger charge is -2.30. The number of hydrogen-bond acceptors (Lipinski definition) is 10. The highest BCUT2D eigenvalue weighted by Gasteiger charge is 2.38. The Labute approximate surface area is 242 Å². The van der Waals surface area contributed by atoms with E-state index in [1.165, 1.54) is 44.6 Å². The molecular formula is C27H27N3O10S2. The zero-order valence-electron chi connectivity index (χ0n) is 22.7. The zero-order valence-corrected chi connectivity index (χ0v) is 24.3. The number of benzene rings is 3. The maximum atomic E-state index is 13.6. The van der Waals surface area contributed by atoms with Crippen LogP contribution in [-0.2, 0) is 29.8 Å². The predicted octanol–water partition coefficient (Wildman–Crippen LogP) is 1.93. The van der Waals surface area contributed by atoms with E-state index in [-0.39, 0.29) is 39.6 Å². The van der Waals surface area contributed by atoms with Gasteiger partial charge in [0.1, 0.15) is 12.2 Å². The second kappa shape index (κ2) is 11.9. The van der Waals surface area contributed by atoms with Crippen molar-refractivity contribution in [1.29, 1.82) is 0 Å². The van der Waals surface area contributed by atoms with Crippen LogP contribution < -0.4 is 28.0 Å². The summed E-state index contributed by atoms with van der Waals surface area (Å²) >= 11 is 0. The molecule has 0 bridgehead atoms. The molecule has 42 heavy (non-hydrogen) atoms. The molecule has 13 nitrogen and oxygen atoms in total. The van der Waals surface area contributed by atoms with Gasteiger partial charge in [-0.15, -0.1) is 6.42 Å². The molecule has 3 N–H and O–H groups in total. The van der Waals surface area contributed by atoms with Crippen LogP contribution in [-0.4, -0.2) is 60.7 Å². The van der Waals surface area contributed by atoms with E-state index in [2.05, 4.69) is 11.2 Å². The first-order valence-electron chi connectivity index (χ1n) is 12.3. The van der Waals surface area contributed by atoms with Gasteiger partial charge in [-0.3, -0.25) is 10.1 Å². The number of carboxylic acids is 1. The van der Waals surface area contributed by atoms with Crippen LogP contribution in [0.15, 0.2) is 53.4 Å². The van der Waals surface area contributed by atoms with Crippen molar-refractivity contribution in [2.75, 3.05) is 25.1 Å². The van der Waals surface area contributed by atoms with E-state index < -0.39 is 50.8 Å².